The summed E-state index contributed by atoms with van der Waals surface area (Å²) in [4.78, 5) is 8.51. The van der Waals surface area contributed by atoms with Gasteiger partial charge in [0.05, 0.1) is 11.9 Å². The van der Waals surface area contributed by atoms with Gasteiger partial charge in [-0.15, -0.1) is 0 Å². The van der Waals surface area contributed by atoms with Crippen molar-refractivity contribution in [2.75, 3.05) is 5.32 Å². The fraction of sp³-hybridized carbons (Fsp3) is 0.0833. The van der Waals surface area contributed by atoms with Gasteiger partial charge in [0.15, 0.2) is 0 Å². The number of rotatable bonds is 6. The molecule has 0 unspecified atom stereocenters. The first-order valence-electron chi connectivity index (χ1n) is 9.31. The Kier molecular flexibility index (Phi) is 5.47. The first kappa shape index (κ1) is 18.6. The fourth-order valence-electron chi connectivity index (χ4n) is 2.95. The molecular weight excluding hydrogens is 365 g/mol. The van der Waals surface area contributed by atoms with Crippen LogP contribution in [0.15, 0.2) is 85.3 Å². The van der Waals surface area contributed by atoms with E-state index < -0.39 is 0 Å². The standard InChI is InChI=1S/C24H20FN3O/c1-17-13-24(28-16-23(17)27-15-18-3-2-12-26-14-18)29-22-10-6-20(7-11-22)19-4-8-21(25)9-5-19/h2-14,16,27H,15H2,1H3. The average Bonchev–Trinajstić information content (AvgIpc) is 2.75. The molecule has 0 fully saturated rings. The number of ether oxygens (including phenoxy) is 1. The Hall–Kier alpha value is -3.73. The molecule has 0 radical (unpaired) electrons. The van der Waals surface area contributed by atoms with E-state index in [-0.39, 0.29) is 5.82 Å². The average molecular weight is 385 g/mol. The quantitative estimate of drug-likeness (QED) is 0.442. The molecule has 2 aromatic heterocycles. The Morgan fingerprint density at radius 2 is 1.66 bits per heavy atom. The van der Waals surface area contributed by atoms with E-state index in [4.69, 9.17) is 4.74 Å². The van der Waals surface area contributed by atoms with Crippen molar-refractivity contribution in [2.45, 2.75) is 13.5 Å². The first-order chi connectivity index (χ1) is 14.2. The molecule has 4 aromatic rings. The molecule has 0 aliphatic rings. The minimum absolute atomic E-state index is 0.242. The van der Waals surface area contributed by atoms with E-state index in [9.17, 15) is 4.39 Å². The van der Waals surface area contributed by atoms with Crippen LogP contribution in [0, 0.1) is 12.7 Å². The van der Waals surface area contributed by atoms with Gasteiger partial charge in [-0.1, -0.05) is 30.3 Å². The molecule has 0 amide bonds. The third-order valence-corrected chi connectivity index (χ3v) is 4.55. The van der Waals surface area contributed by atoms with E-state index in [1.54, 1.807) is 24.5 Å². The molecule has 0 atom stereocenters. The number of aromatic nitrogens is 2. The maximum Gasteiger partial charge on any atom is 0.219 e. The number of anilines is 1. The fourth-order valence-corrected chi connectivity index (χ4v) is 2.95. The second kappa shape index (κ2) is 8.52. The third-order valence-electron chi connectivity index (χ3n) is 4.55. The predicted molar refractivity (Wildman–Crippen MR) is 112 cm³/mol. The molecule has 1 N–H and O–H groups in total. The summed E-state index contributed by atoms with van der Waals surface area (Å²) in [5.41, 5.74) is 5.05. The van der Waals surface area contributed by atoms with Gasteiger partial charge < -0.3 is 10.1 Å². The van der Waals surface area contributed by atoms with Crippen LogP contribution in [0.3, 0.4) is 0 Å². The van der Waals surface area contributed by atoms with E-state index in [1.807, 2.05) is 55.6 Å². The lowest BCUT2D eigenvalue weighted by Gasteiger charge is -2.11. The van der Waals surface area contributed by atoms with Gasteiger partial charge in [-0.05, 0) is 59.5 Å². The lowest BCUT2D eigenvalue weighted by Crippen LogP contribution is -2.02. The van der Waals surface area contributed by atoms with Crippen LogP contribution in [0.2, 0.25) is 0 Å². The summed E-state index contributed by atoms with van der Waals surface area (Å²) in [6.07, 6.45) is 5.37. The van der Waals surface area contributed by atoms with Gasteiger partial charge in [0.25, 0.3) is 0 Å². The van der Waals surface area contributed by atoms with Crippen LogP contribution in [-0.4, -0.2) is 9.97 Å². The molecule has 0 saturated heterocycles. The molecule has 0 saturated carbocycles. The number of aryl methyl sites for hydroxylation is 1. The highest BCUT2D eigenvalue weighted by molar-refractivity contribution is 5.64. The van der Waals surface area contributed by atoms with Crippen molar-refractivity contribution >= 4 is 5.69 Å². The number of pyridine rings is 2. The lowest BCUT2D eigenvalue weighted by molar-refractivity contribution is 0.462. The van der Waals surface area contributed by atoms with Gasteiger partial charge in [-0.2, -0.15) is 0 Å². The zero-order valence-electron chi connectivity index (χ0n) is 16.0. The van der Waals surface area contributed by atoms with Crippen molar-refractivity contribution in [3.63, 3.8) is 0 Å². The number of nitrogens with zero attached hydrogens (tertiary/aromatic N) is 2. The van der Waals surface area contributed by atoms with Crippen LogP contribution >= 0.6 is 0 Å². The minimum atomic E-state index is -0.242. The van der Waals surface area contributed by atoms with E-state index in [0.717, 1.165) is 27.9 Å². The molecule has 2 heterocycles. The maximum absolute atomic E-state index is 13.1. The van der Waals surface area contributed by atoms with Crippen molar-refractivity contribution in [3.8, 4) is 22.8 Å². The predicted octanol–water partition coefficient (Wildman–Crippen LogP) is 6.00. The summed E-state index contributed by atoms with van der Waals surface area (Å²) in [5, 5.41) is 3.37. The zero-order chi connectivity index (χ0) is 20.1. The molecule has 4 rings (SSSR count). The SMILES string of the molecule is Cc1cc(Oc2ccc(-c3ccc(F)cc3)cc2)ncc1NCc1cccnc1. The summed E-state index contributed by atoms with van der Waals surface area (Å²) < 4.78 is 18.9. The van der Waals surface area contributed by atoms with Crippen molar-refractivity contribution < 1.29 is 9.13 Å². The highest BCUT2D eigenvalue weighted by Gasteiger charge is 2.05. The smallest absolute Gasteiger partial charge is 0.219 e. The van der Waals surface area contributed by atoms with Gasteiger partial charge in [-0.25, -0.2) is 9.37 Å². The number of hydrogen-bond acceptors (Lipinski definition) is 4. The molecule has 0 aliphatic carbocycles. The van der Waals surface area contributed by atoms with Gasteiger partial charge in [0, 0.05) is 25.0 Å². The molecule has 144 valence electrons. The topological polar surface area (TPSA) is 47.0 Å². The summed E-state index contributed by atoms with van der Waals surface area (Å²) in [6, 6.07) is 19.9. The molecule has 0 spiro atoms. The summed E-state index contributed by atoms with van der Waals surface area (Å²) >= 11 is 0. The van der Waals surface area contributed by atoms with Crippen LogP contribution in [0.1, 0.15) is 11.1 Å². The van der Waals surface area contributed by atoms with E-state index in [2.05, 4.69) is 15.3 Å². The highest BCUT2D eigenvalue weighted by Crippen LogP contribution is 2.27. The molecule has 5 heteroatoms. The van der Waals surface area contributed by atoms with Crippen LogP contribution < -0.4 is 10.1 Å². The lowest BCUT2D eigenvalue weighted by atomic mass is 10.1. The number of nitrogens with one attached hydrogen (secondary N) is 1. The largest absolute Gasteiger partial charge is 0.439 e. The van der Waals surface area contributed by atoms with Gasteiger partial charge >= 0.3 is 0 Å². The Balaban J connectivity index is 1.41. The number of hydrogen-bond donors (Lipinski definition) is 1. The molecule has 29 heavy (non-hydrogen) atoms. The van der Waals surface area contributed by atoms with Gasteiger partial charge in [-0.3, -0.25) is 4.98 Å². The van der Waals surface area contributed by atoms with Crippen LogP contribution in [-0.2, 0) is 6.54 Å². The van der Waals surface area contributed by atoms with E-state index in [1.165, 1.54) is 12.1 Å². The molecule has 0 aliphatic heterocycles. The number of halogens is 1. The maximum atomic E-state index is 13.1. The Morgan fingerprint density at radius 3 is 2.31 bits per heavy atom. The Bertz CT molecular complexity index is 1080. The van der Waals surface area contributed by atoms with Gasteiger partial charge in [0.1, 0.15) is 11.6 Å². The zero-order valence-corrected chi connectivity index (χ0v) is 16.0. The molecule has 2 aromatic carbocycles. The normalized spacial score (nSPS) is 10.6. The summed E-state index contributed by atoms with van der Waals surface area (Å²) in [6.45, 7) is 2.69. The van der Waals surface area contributed by atoms with Crippen LogP contribution in [0.5, 0.6) is 11.6 Å². The van der Waals surface area contributed by atoms with Crippen molar-refractivity contribution in [1.29, 1.82) is 0 Å². The first-order valence-corrected chi connectivity index (χ1v) is 9.31. The van der Waals surface area contributed by atoms with Crippen LogP contribution in [0.25, 0.3) is 11.1 Å². The minimum Gasteiger partial charge on any atom is -0.439 e. The second-order valence-electron chi connectivity index (χ2n) is 6.69. The van der Waals surface area contributed by atoms with Crippen molar-refractivity contribution in [3.05, 3.63) is 102 Å². The van der Waals surface area contributed by atoms with Gasteiger partial charge in [0.2, 0.25) is 5.88 Å². The Labute approximate surface area is 169 Å². The van der Waals surface area contributed by atoms with E-state index >= 15 is 0 Å². The molecular formula is C24H20FN3O. The monoisotopic (exact) mass is 385 g/mol. The number of benzene rings is 2. The Morgan fingerprint density at radius 1 is 0.931 bits per heavy atom. The second-order valence-corrected chi connectivity index (χ2v) is 6.69. The molecule has 0 bridgehead atoms. The highest BCUT2D eigenvalue weighted by atomic mass is 19.1. The van der Waals surface area contributed by atoms with E-state index in [0.29, 0.717) is 18.2 Å². The van der Waals surface area contributed by atoms with Crippen molar-refractivity contribution in [2.24, 2.45) is 0 Å². The molecule has 4 nitrogen and oxygen atoms in total. The van der Waals surface area contributed by atoms with Crippen molar-refractivity contribution in [1.82, 2.24) is 9.97 Å². The van der Waals surface area contributed by atoms with Crippen LogP contribution in [0.4, 0.5) is 10.1 Å². The summed E-state index contributed by atoms with van der Waals surface area (Å²) in [7, 11) is 0. The third kappa shape index (κ3) is 4.76. The summed E-state index contributed by atoms with van der Waals surface area (Å²) in [5.74, 6) is 0.983.